The maximum absolute atomic E-state index is 13.3. The third-order valence-electron chi connectivity index (χ3n) is 4.47. The van der Waals surface area contributed by atoms with Crippen LogP contribution in [0.15, 0.2) is 40.8 Å². The van der Waals surface area contributed by atoms with Gasteiger partial charge in [0, 0.05) is 23.9 Å². The van der Waals surface area contributed by atoms with Gasteiger partial charge in [-0.05, 0) is 83.9 Å². The quantitative estimate of drug-likeness (QED) is 0.187. The van der Waals surface area contributed by atoms with Crippen LogP contribution in [0.2, 0.25) is 0 Å². The number of ether oxygens (including phenoxy) is 1. The van der Waals surface area contributed by atoms with Crippen LogP contribution in [0.4, 0.5) is 0 Å². The molecule has 0 saturated heterocycles. The minimum Gasteiger partial charge on any atom is -0.491 e. The molecule has 0 bridgehead atoms. The molecule has 0 atom stereocenters. The molecule has 0 unspecified atom stereocenters. The van der Waals surface area contributed by atoms with Gasteiger partial charge in [0.25, 0.3) is 0 Å². The van der Waals surface area contributed by atoms with Gasteiger partial charge in [0.15, 0.2) is 5.78 Å². The number of rotatable bonds is 8. The van der Waals surface area contributed by atoms with Crippen molar-refractivity contribution in [1.29, 1.82) is 0 Å². The van der Waals surface area contributed by atoms with Crippen molar-refractivity contribution < 1.29 is 13.9 Å². The molecule has 4 nitrogen and oxygen atoms in total. The smallest absolute Gasteiger partial charge is 0.197 e. The molecule has 0 spiro atoms. The van der Waals surface area contributed by atoms with E-state index in [1.54, 1.807) is 0 Å². The highest BCUT2D eigenvalue weighted by atomic mass is 127. The minimum atomic E-state index is -0.00297. The van der Waals surface area contributed by atoms with Gasteiger partial charge in [0.2, 0.25) is 0 Å². The number of fused-ring (bicyclic) bond motifs is 1. The van der Waals surface area contributed by atoms with Crippen molar-refractivity contribution in [3.63, 3.8) is 0 Å². The lowest BCUT2D eigenvalue weighted by atomic mass is 9.99. The number of carbonyl (C=O) groups is 1. The maximum Gasteiger partial charge on any atom is 0.197 e. The lowest BCUT2D eigenvalue weighted by Crippen LogP contribution is -2.16. The van der Waals surface area contributed by atoms with Gasteiger partial charge in [-0.1, -0.05) is 25.1 Å². The van der Waals surface area contributed by atoms with Crippen LogP contribution in [0.3, 0.4) is 0 Å². The van der Waals surface area contributed by atoms with E-state index >= 15 is 0 Å². The average Bonchev–Trinajstić information content (AvgIpc) is 3.04. The van der Waals surface area contributed by atoms with E-state index in [9.17, 15) is 4.79 Å². The summed E-state index contributed by atoms with van der Waals surface area (Å²) in [5.41, 5.74) is 2.09. The van der Waals surface area contributed by atoms with E-state index in [4.69, 9.17) is 9.15 Å². The lowest BCUT2D eigenvalue weighted by Gasteiger charge is -2.14. The summed E-state index contributed by atoms with van der Waals surface area (Å²) in [6.45, 7) is 3.65. The SMILES string of the molecule is CCc1oc2ccccc2c1C(=O)c1cc(I)c(OCCCN(C)C)c(I)c1. The number of aryl methyl sites for hydroxylation is 1. The zero-order chi connectivity index (χ0) is 20.3. The number of halogens is 2. The molecule has 0 radical (unpaired) electrons. The van der Waals surface area contributed by atoms with E-state index in [0.29, 0.717) is 24.2 Å². The van der Waals surface area contributed by atoms with Crippen molar-refractivity contribution in [2.24, 2.45) is 0 Å². The van der Waals surface area contributed by atoms with Gasteiger partial charge in [0.1, 0.15) is 17.1 Å². The second-order valence-electron chi connectivity index (χ2n) is 6.85. The molecule has 1 heterocycles. The van der Waals surface area contributed by atoms with Crippen LogP contribution < -0.4 is 4.74 Å². The summed E-state index contributed by atoms with van der Waals surface area (Å²) < 4.78 is 13.8. The van der Waals surface area contributed by atoms with Crippen LogP contribution >= 0.6 is 45.2 Å². The van der Waals surface area contributed by atoms with Gasteiger partial charge in [-0.2, -0.15) is 0 Å². The fourth-order valence-corrected chi connectivity index (χ4v) is 5.20. The number of nitrogens with zero attached hydrogens (tertiary/aromatic N) is 1. The Labute approximate surface area is 192 Å². The Morgan fingerprint density at radius 2 is 1.82 bits per heavy atom. The van der Waals surface area contributed by atoms with Crippen LogP contribution in [-0.2, 0) is 6.42 Å². The summed E-state index contributed by atoms with van der Waals surface area (Å²) in [6, 6.07) is 11.5. The second-order valence-corrected chi connectivity index (χ2v) is 9.18. The number of benzene rings is 2. The molecule has 0 amide bonds. The Morgan fingerprint density at radius 3 is 2.46 bits per heavy atom. The Kier molecular flexibility index (Phi) is 7.38. The largest absolute Gasteiger partial charge is 0.491 e. The van der Waals surface area contributed by atoms with Gasteiger partial charge in [-0.15, -0.1) is 0 Å². The first kappa shape index (κ1) is 21.6. The summed E-state index contributed by atoms with van der Waals surface area (Å²) in [5.74, 6) is 1.58. The predicted molar refractivity (Wildman–Crippen MR) is 130 cm³/mol. The summed E-state index contributed by atoms with van der Waals surface area (Å²) in [5, 5.41) is 0.873. The minimum absolute atomic E-state index is 0.00297. The first-order valence-corrected chi connectivity index (χ1v) is 11.4. The van der Waals surface area contributed by atoms with Gasteiger partial charge >= 0.3 is 0 Å². The Morgan fingerprint density at radius 1 is 1.14 bits per heavy atom. The molecule has 3 rings (SSSR count). The van der Waals surface area contributed by atoms with E-state index in [1.807, 2.05) is 43.3 Å². The van der Waals surface area contributed by atoms with Crippen LogP contribution in [-0.4, -0.2) is 37.9 Å². The van der Waals surface area contributed by atoms with Crippen molar-refractivity contribution in [2.75, 3.05) is 27.2 Å². The first-order chi connectivity index (χ1) is 13.4. The summed E-state index contributed by atoms with van der Waals surface area (Å²) in [4.78, 5) is 15.5. The molecule has 0 fully saturated rings. The highest BCUT2D eigenvalue weighted by molar-refractivity contribution is 14.1. The zero-order valence-electron chi connectivity index (χ0n) is 16.2. The molecule has 6 heteroatoms. The van der Waals surface area contributed by atoms with Gasteiger partial charge in [-0.25, -0.2) is 0 Å². The second kappa shape index (κ2) is 9.58. The van der Waals surface area contributed by atoms with E-state index in [1.165, 1.54) is 0 Å². The van der Waals surface area contributed by atoms with Crippen LogP contribution in [0.5, 0.6) is 5.75 Å². The highest BCUT2D eigenvalue weighted by Gasteiger charge is 2.22. The van der Waals surface area contributed by atoms with E-state index in [-0.39, 0.29) is 5.78 Å². The lowest BCUT2D eigenvalue weighted by molar-refractivity contribution is 0.103. The monoisotopic (exact) mass is 603 g/mol. The van der Waals surface area contributed by atoms with Crippen molar-refractivity contribution in [2.45, 2.75) is 19.8 Å². The zero-order valence-corrected chi connectivity index (χ0v) is 20.5. The Bertz CT molecular complexity index is 972. The number of ketones is 1. The van der Waals surface area contributed by atoms with Crippen molar-refractivity contribution in [1.82, 2.24) is 4.90 Å². The van der Waals surface area contributed by atoms with Gasteiger partial charge in [0.05, 0.1) is 19.3 Å². The normalized spacial score (nSPS) is 11.4. The Balaban J connectivity index is 1.89. The number of hydrogen-bond acceptors (Lipinski definition) is 4. The number of carbonyl (C=O) groups excluding carboxylic acids is 1. The number of para-hydroxylation sites is 1. The third-order valence-corrected chi connectivity index (χ3v) is 6.08. The summed E-state index contributed by atoms with van der Waals surface area (Å²) in [6.07, 6.45) is 1.64. The molecule has 0 aliphatic rings. The predicted octanol–water partition coefficient (Wildman–Crippen LogP) is 5.77. The summed E-state index contributed by atoms with van der Waals surface area (Å²) >= 11 is 4.50. The molecule has 28 heavy (non-hydrogen) atoms. The van der Waals surface area contributed by atoms with Gasteiger partial charge < -0.3 is 14.1 Å². The topological polar surface area (TPSA) is 42.7 Å². The molecule has 3 aromatic rings. The highest BCUT2D eigenvalue weighted by Crippen LogP contribution is 2.33. The molecule has 148 valence electrons. The van der Waals surface area contributed by atoms with Crippen LogP contribution in [0, 0.1) is 7.14 Å². The summed E-state index contributed by atoms with van der Waals surface area (Å²) in [7, 11) is 4.11. The fourth-order valence-electron chi connectivity index (χ4n) is 3.12. The van der Waals surface area contributed by atoms with Crippen molar-refractivity contribution in [3.8, 4) is 5.75 Å². The molecule has 0 aliphatic carbocycles. The number of furan rings is 1. The molecular formula is C22H23I2NO3. The third kappa shape index (κ3) is 4.71. The molecule has 1 aromatic heterocycles. The van der Waals surface area contributed by atoms with Crippen molar-refractivity contribution in [3.05, 3.63) is 60.4 Å². The molecule has 2 aromatic carbocycles. The van der Waals surface area contributed by atoms with E-state index in [0.717, 1.165) is 42.6 Å². The van der Waals surface area contributed by atoms with Crippen LogP contribution in [0.1, 0.15) is 35.0 Å². The van der Waals surface area contributed by atoms with Gasteiger partial charge in [-0.3, -0.25) is 4.79 Å². The first-order valence-electron chi connectivity index (χ1n) is 9.24. The fraction of sp³-hybridized carbons (Fsp3) is 0.318. The average molecular weight is 603 g/mol. The van der Waals surface area contributed by atoms with Crippen LogP contribution in [0.25, 0.3) is 11.0 Å². The molecule has 0 N–H and O–H groups in total. The number of hydrogen-bond donors (Lipinski definition) is 0. The molecular weight excluding hydrogens is 580 g/mol. The molecule has 0 aliphatic heterocycles. The van der Waals surface area contributed by atoms with Crippen molar-refractivity contribution >= 4 is 61.9 Å². The standard InChI is InChI=1S/C22H23I2NO3/c1-4-18-20(15-8-5-6-9-19(15)28-18)21(26)14-12-16(23)22(17(24)13-14)27-11-7-10-25(2)3/h5-6,8-9,12-13H,4,7,10-11H2,1-3H3. The molecule has 0 saturated carbocycles. The maximum atomic E-state index is 13.3. The Hall–Kier alpha value is -1.13. The van der Waals surface area contributed by atoms with E-state index in [2.05, 4.69) is 64.2 Å². The van der Waals surface area contributed by atoms with E-state index < -0.39 is 0 Å².